The zero-order valence-corrected chi connectivity index (χ0v) is 27.5. The van der Waals surface area contributed by atoms with Gasteiger partial charge in [-0.3, -0.25) is 0 Å². The van der Waals surface area contributed by atoms with Crippen molar-refractivity contribution in [2.75, 3.05) is 0 Å². The molecule has 238 valence electrons. The summed E-state index contributed by atoms with van der Waals surface area (Å²) in [6.07, 6.45) is 0. The van der Waals surface area contributed by atoms with Gasteiger partial charge in [0.15, 0.2) is 17.5 Å². The predicted octanol–water partition coefficient (Wildman–Crippen LogP) is 12.4. The number of hydrogen-bond acceptors (Lipinski definition) is 4. The summed E-state index contributed by atoms with van der Waals surface area (Å²) in [6, 6.07) is 60.9. The molecule has 10 aromatic rings. The number of fused-ring (bicyclic) bond motifs is 5. The fourth-order valence-corrected chi connectivity index (χ4v) is 7.31. The van der Waals surface area contributed by atoms with Gasteiger partial charge in [-0.25, -0.2) is 15.0 Å². The Morgan fingerprint density at radius 1 is 0.314 bits per heavy atom. The molecular weight excluding hydrogens is 623 g/mol. The predicted molar refractivity (Wildman–Crippen MR) is 209 cm³/mol. The van der Waals surface area contributed by atoms with Crippen molar-refractivity contribution in [3.05, 3.63) is 176 Å². The minimum absolute atomic E-state index is 0.601. The first kappa shape index (κ1) is 29.0. The lowest BCUT2D eigenvalue weighted by molar-refractivity contribution is 0.670. The number of aromatic nitrogens is 3. The molecule has 51 heavy (non-hydrogen) atoms. The highest BCUT2D eigenvalue weighted by Crippen LogP contribution is 2.41. The van der Waals surface area contributed by atoms with E-state index in [1.807, 2.05) is 42.5 Å². The van der Waals surface area contributed by atoms with E-state index >= 15 is 0 Å². The summed E-state index contributed by atoms with van der Waals surface area (Å²) in [7, 11) is 0. The van der Waals surface area contributed by atoms with Crippen LogP contribution < -0.4 is 0 Å². The SMILES string of the molecule is c1ccc(-c2nc(-c3ccccc3-c3cccc4c3oc3cc5ccccc5cc34)nc(-c3ccc(-c4ccccc4)c4ccccc34)n2)cc1. The monoisotopic (exact) mass is 651 g/mol. The second-order valence-electron chi connectivity index (χ2n) is 12.8. The highest BCUT2D eigenvalue weighted by atomic mass is 16.3. The average molecular weight is 652 g/mol. The molecule has 0 unspecified atom stereocenters. The van der Waals surface area contributed by atoms with Crippen LogP contribution in [0, 0.1) is 0 Å². The van der Waals surface area contributed by atoms with Gasteiger partial charge in [0.05, 0.1) is 0 Å². The van der Waals surface area contributed by atoms with Gasteiger partial charge in [0.25, 0.3) is 0 Å². The third-order valence-electron chi connectivity index (χ3n) is 9.74. The van der Waals surface area contributed by atoms with Gasteiger partial charge in [-0.1, -0.05) is 158 Å². The molecule has 0 saturated carbocycles. The first-order valence-electron chi connectivity index (χ1n) is 17.1. The van der Waals surface area contributed by atoms with Crippen molar-refractivity contribution in [3.8, 4) is 56.4 Å². The zero-order valence-electron chi connectivity index (χ0n) is 27.5. The summed E-state index contributed by atoms with van der Waals surface area (Å²) in [5, 5.41) is 6.75. The maximum absolute atomic E-state index is 6.67. The molecule has 2 heterocycles. The third kappa shape index (κ3) is 4.96. The lowest BCUT2D eigenvalue weighted by Gasteiger charge is -2.14. The normalized spacial score (nSPS) is 11.5. The molecule has 4 heteroatoms. The van der Waals surface area contributed by atoms with E-state index in [0.717, 1.165) is 65.9 Å². The topological polar surface area (TPSA) is 51.8 Å². The van der Waals surface area contributed by atoms with Crippen molar-refractivity contribution in [2.24, 2.45) is 0 Å². The Hall–Kier alpha value is -6.91. The maximum atomic E-state index is 6.67. The van der Waals surface area contributed by atoms with Crippen molar-refractivity contribution in [1.82, 2.24) is 15.0 Å². The van der Waals surface area contributed by atoms with Crippen LogP contribution in [0.3, 0.4) is 0 Å². The Balaban J connectivity index is 1.20. The molecule has 0 fully saturated rings. The Kier molecular flexibility index (Phi) is 6.78. The first-order valence-corrected chi connectivity index (χ1v) is 17.1. The highest BCUT2D eigenvalue weighted by molar-refractivity contribution is 6.14. The molecule has 10 rings (SSSR count). The molecule has 0 aliphatic heterocycles. The molecule has 0 amide bonds. The van der Waals surface area contributed by atoms with Crippen molar-refractivity contribution in [3.63, 3.8) is 0 Å². The van der Waals surface area contributed by atoms with Gasteiger partial charge in [-0.2, -0.15) is 0 Å². The number of benzene rings is 8. The van der Waals surface area contributed by atoms with E-state index in [0.29, 0.717) is 17.5 Å². The van der Waals surface area contributed by atoms with Crippen LogP contribution >= 0.6 is 0 Å². The minimum atomic E-state index is 0.601. The summed E-state index contributed by atoms with van der Waals surface area (Å²) in [6.45, 7) is 0. The molecule has 8 aromatic carbocycles. The Morgan fingerprint density at radius 2 is 0.843 bits per heavy atom. The maximum Gasteiger partial charge on any atom is 0.164 e. The Bertz CT molecular complexity index is 2910. The molecule has 4 nitrogen and oxygen atoms in total. The summed E-state index contributed by atoms with van der Waals surface area (Å²) >= 11 is 0. The molecule has 0 N–H and O–H groups in total. The van der Waals surface area contributed by atoms with Crippen LogP contribution in [-0.2, 0) is 0 Å². The summed E-state index contributed by atoms with van der Waals surface area (Å²) in [5.74, 6) is 1.85. The first-order chi connectivity index (χ1) is 25.3. The third-order valence-corrected chi connectivity index (χ3v) is 9.74. The fraction of sp³-hybridized carbons (Fsp3) is 0. The van der Waals surface area contributed by atoms with E-state index < -0.39 is 0 Å². The molecule has 0 radical (unpaired) electrons. The number of hydrogen-bond donors (Lipinski definition) is 0. The van der Waals surface area contributed by atoms with Crippen molar-refractivity contribution < 1.29 is 4.42 Å². The zero-order chi connectivity index (χ0) is 33.7. The van der Waals surface area contributed by atoms with Crippen molar-refractivity contribution in [1.29, 1.82) is 0 Å². The fourth-order valence-electron chi connectivity index (χ4n) is 7.31. The van der Waals surface area contributed by atoms with Crippen LogP contribution in [0.2, 0.25) is 0 Å². The largest absolute Gasteiger partial charge is 0.455 e. The van der Waals surface area contributed by atoms with Gasteiger partial charge < -0.3 is 4.42 Å². The molecule has 2 aromatic heterocycles. The molecule has 0 spiro atoms. The second-order valence-corrected chi connectivity index (χ2v) is 12.8. The number of nitrogens with zero attached hydrogens (tertiary/aromatic N) is 3. The van der Waals surface area contributed by atoms with Gasteiger partial charge in [0.2, 0.25) is 0 Å². The van der Waals surface area contributed by atoms with E-state index in [2.05, 4.69) is 133 Å². The van der Waals surface area contributed by atoms with Gasteiger partial charge in [-0.15, -0.1) is 0 Å². The Labute approximate surface area is 294 Å². The minimum Gasteiger partial charge on any atom is -0.455 e. The quantitative estimate of drug-likeness (QED) is 0.186. The van der Waals surface area contributed by atoms with E-state index in [1.165, 1.54) is 16.5 Å². The van der Waals surface area contributed by atoms with Crippen LogP contribution in [0.4, 0.5) is 0 Å². The molecule has 0 atom stereocenters. The van der Waals surface area contributed by atoms with Crippen molar-refractivity contribution in [2.45, 2.75) is 0 Å². The van der Waals surface area contributed by atoms with E-state index in [1.54, 1.807) is 0 Å². The molecular formula is C47H29N3O. The van der Waals surface area contributed by atoms with E-state index in [9.17, 15) is 0 Å². The van der Waals surface area contributed by atoms with Crippen LogP contribution in [0.25, 0.3) is 99.9 Å². The molecule has 0 aliphatic rings. The number of rotatable bonds is 5. The Morgan fingerprint density at radius 3 is 1.61 bits per heavy atom. The van der Waals surface area contributed by atoms with Crippen LogP contribution in [0.5, 0.6) is 0 Å². The number of furan rings is 1. The lowest BCUT2D eigenvalue weighted by Crippen LogP contribution is -2.01. The summed E-state index contributed by atoms with van der Waals surface area (Å²) < 4.78 is 6.67. The molecule has 0 bridgehead atoms. The molecule has 0 saturated heterocycles. The lowest BCUT2D eigenvalue weighted by atomic mass is 9.94. The number of para-hydroxylation sites is 1. The average Bonchev–Trinajstić information content (AvgIpc) is 3.57. The van der Waals surface area contributed by atoms with Gasteiger partial charge in [-0.05, 0) is 56.4 Å². The standard InChI is InChI=1S/C47H29N3O/c1-3-14-30(15-4-1)34-26-27-41(36-21-10-9-20-35(34)36)47-49-45(31-16-5-2-6-17-31)48-46(50-47)40-23-12-11-22-37(40)38-24-13-25-39-42-28-32-18-7-8-19-33(32)29-43(42)51-44(38)39/h1-29H. The summed E-state index contributed by atoms with van der Waals surface area (Å²) in [4.78, 5) is 15.5. The molecule has 0 aliphatic carbocycles. The second kappa shape index (κ2) is 11.9. The van der Waals surface area contributed by atoms with Gasteiger partial charge in [0, 0.05) is 33.0 Å². The van der Waals surface area contributed by atoms with Gasteiger partial charge in [0.1, 0.15) is 11.2 Å². The smallest absolute Gasteiger partial charge is 0.164 e. The van der Waals surface area contributed by atoms with Crippen molar-refractivity contribution >= 4 is 43.5 Å². The van der Waals surface area contributed by atoms with E-state index in [-0.39, 0.29) is 0 Å². The highest BCUT2D eigenvalue weighted by Gasteiger charge is 2.20. The summed E-state index contributed by atoms with van der Waals surface area (Å²) in [5.41, 5.74) is 8.82. The van der Waals surface area contributed by atoms with Crippen LogP contribution in [0.1, 0.15) is 0 Å². The van der Waals surface area contributed by atoms with Crippen LogP contribution in [0.15, 0.2) is 180 Å². The van der Waals surface area contributed by atoms with Crippen LogP contribution in [-0.4, -0.2) is 15.0 Å². The van der Waals surface area contributed by atoms with E-state index in [4.69, 9.17) is 19.4 Å². The van der Waals surface area contributed by atoms with Gasteiger partial charge >= 0.3 is 0 Å².